The van der Waals surface area contributed by atoms with E-state index >= 15 is 0 Å². The Morgan fingerprint density at radius 2 is 2.19 bits per heavy atom. The fourth-order valence-corrected chi connectivity index (χ4v) is 3.40. The summed E-state index contributed by atoms with van der Waals surface area (Å²) < 4.78 is 5.22. The third-order valence-electron chi connectivity index (χ3n) is 4.44. The van der Waals surface area contributed by atoms with Gasteiger partial charge in [0.05, 0.1) is 12.5 Å². The van der Waals surface area contributed by atoms with Gasteiger partial charge >= 0.3 is 5.97 Å². The molecule has 1 amide bonds. The van der Waals surface area contributed by atoms with Crippen molar-refractivity contribution in [3.8, 4) is 0 Å². The average molecular weight is 288 g/mol. The van der Waals surface area contributed by atoms with Crippen molar-refractivity contribution in [2.45, 2.75) is 13.5 Å². The lowest BCUT2D eigenvalue weighted by Gasteiger charge is -2.24. The van der Waals surface area contributed by atoms with E-state index in [4.69, 9.17) is 4.74 Å². The van der Waals surface area contributed by atoms with Gasteiger partial charge in [-0.3, -0.25) is 14.5 Å². The van der Waals surface area contributed by atoms with Gasteiger partial charge in [0.25, 0.3) is 0 Å². The second-order valence-corrected chi connectivity index (χ2v) is 5.80. The number of fused-ring (bicyclic) bond motifs is 1. The van der Waals surface area contributed by atoms with Gasteiger partial charge < -0.3 is 10.1 Å². The number of nitrogens with one attached hydrogen (secondary N) is 1. The third kappa shape index (κ3) is 2.42. The molecule has 3 rings (SSSR count). The highest BCUT2D eigenvalue weighted by molar-refractivity contribution is 5.93. The SMILES string of the molecule is CCOC(=O)[C@]12CNC(=O)[C@H]1CN(Cc1ccccc1)C2. The molecule has 0 bridgehead atoms. The van der Waals surface area contributed by atoms with E-state index in [1.54, 1.807) is 6.92 Å². The van der Waals surface area contributed by atoms with Crippen molar-refractivity contribution >= 4 is 11.9 Å². The molecule has 1 aromatic rings. The van der Waals surface area contributed by atoms with Gasteiger partial charge in [-0.15, -0.1) is 0 Å². The van der Waals surface area contributed by atoms with Crippen LogP contribution in [0.25, 0.3) is 0 Å². The summed E-state index contributed by atoms with van der Waals surface area (Å²) in [7, 11) is 0. The number of carbonyl (C=O) groups excluding carboxylic acids is 2. The van der Waals surface area contributed by atoms with Crippen LogP contribution in [0.4, 0.5) is 0 Å². The Morgan fingerprint density at radius 3 is 2.90 bits per heavy atom. The summed E-state index contributed by atoms with van der Waals surface area (Å²) >= 11 is 0. The predicted molar refractivity (Wildman–Crippen MR) is 77.3 cm³/mol. The maximum absolute atomic E-state index is 12.4. The minimum atomic E-state index is -0.706. The molecule has 112 valence electrons. The summed E-state index contributed by atoms with van der Waals surface area (Å²) in [4.78, 5) is 26.5. The van der Waals surface area contributed by atoms with Crippen LogP contribution in [-0.2, 0) is 20.9 Å². The minimum Gasteiger partial charge on any atom is -0.465 e. The van der Waals surface area contributed by atoms with E-state index in [1.165, 1.54) is 5.56 Å². The number of esters is 1. The predicted octanol–water partition coefficient (Wildman–Crippen LogP) is 0.798. The Morgan fingerprint density at radius 1 is 1.43 bits per heavy atom. The fraction of sp³-hybridized carbons (Fsp3) is 0.500. The van der Waals surface area contributed by atoms with Gasteiger partial charge in [-0.2, -0.15) is 0 Å². The van der Waals surface area contributed by atoms with Crippen LogP contribution in [-0.4, -0.2) is 43.0 Å². The highest BCUT2D eigenvalue weighted by Crippen LogP contribution is 2.41. The van der Waals surface area contributed by atoms with Crippen molar-refractivity contribution in [3.63, 3.8) is 0 Å². The fourth-order valence-electron chi connectivity index (χ4n) is 3.40. The maximum Gasteiger partial charge on any atom is 0.316 e. The number of benzene rings is 1. The van der Waals surface area contributed by atoms with Gasteiger partial charge in [0, 0.05) is 26.2 Å². The molecule has 0 saturated carbocycles. The van der Waals surface area contributed by atoms with Gasteiger partial charge in [-0.1, -0.05) is 30.3 Å². The van der Waals surface area contributed by atoms with Crippen LogP contribution < -0.4 is 5.32 Å². The largest absolute Gasteiger partial charge is 0.465 e. The molecule has 21 heavy (non-hydrogen) atoms. The lowest BCUT2D eigenvalue weighted by molar-refractivity contribution is -0.156. The lowest BCUT2D eigenvalue weighted by atomic mass is 9.81. The molecule has 0 aromatic heterocycles. The van der Waals surface area contributed by atoms with E-state index in [9.17, 15) is 9.59 Å². The minimum absolute atomic E-state index is 0.0291. The van der Waals surface area contributed by atoms with E-state index in [0.29, 0.717) is 26.2 Å². The number of nitrogens with zero attached hydrogens (tertiary/aromatic N) is 1. The van der Waals surface area contributed by atoms with Gasteiger partial charge in [-0.25, -0.2) is 0 Å². The zero-order chi connectivity index (χ0) is 14.9. The molecule has 1 N–H and O–H groups in total. The molecule has 5 nitrogen and oxygen atoms in total. The number of hydrogen-bond acceptors (Lipinski definition) is 4. The summed E-state index contributed by atoms with van der Waals surface area (Å²) in [5.74, 6) is -0.567. The van der Waals surface area contributed by atoms with E-state index in [2.05, 4.69) is 22.3 Å². The van der Waals surface area contributed by atoms with Gasteiger partial charge in [-0.05, 0) is 12.5 Å². The normalized spacial score (nSPS) is 28.2. The summed E-state index contributed by atoms with van der Waals surface area (Å²) in [6.45, 7) is 4.47. The summed E-state index contributed by atoms with van der Waals surface area (Å²) in [5, 5.41) is 2.82. The number of carbonyl (C=O) groups is 2. The quantitative estimate of drug-likeness (QED) is 0.833. The molecular weight excluding hydrogens is 268 g/mol. The summed E-state index contributed by atoms with van der Waals surface area (Å²) in [6.07, 6.45) is 0. The molecule has 2 saturated heterocycles. The first-order chi connectivity index (χ1) is 10.2. The van der Waals surface area contributed by atoms with Gasteiger partial charge in [0.1, 0.15) is 5.41 Å². The van der Waals surface area contributed by atoms with E-state index in [-0.39, 0.29) is 17.8 Å². The standard InChI is InChI=1S/C16H20N2O3/c1-2-21-15(20)16-10-17-14(19)13(16)9-18(11-16)8-12-6-4-3-5-7-12/h3-7,13H,2,8-11H2,1H3,(H,17,19)/t13-,16+/m1/s1. The van der Waals surface area contributed by atoms with Crippen molar-refractivity contribution in [1.29, 1.82) is 0 Å². The van der Waals surface area contributed by atoms with Crippen LogP contribution in [0.5, 0.6) is 0 Å². The van der Waals surface area contributed by atoms with E-state index in [0.717, 1.165) is 6.54 Å². The third-order valence-corrected chi connectivity index (χ3v) is 4.44. The molecule has 0 aliphatic carbocycles. The zero-order valence-electron chi connectivity index (χ0n) is 12.2. The Balaban J connectivity index is 1.77. The second kappa shape index (κ2) is 5.48. The highest BCUT2D eigenvalue weighted by Gasteiger charge is 2.59. The molecule has 2 aliphatic rings. The van der Waals surface area contributed by atoms with E-state index in [1.807, 2.05) is 18.2 Å². The zero-order valence-corrected chi connectivity index (χ0v) is 12.2. The smallest absolute Gasteiger partial charge is 0.316 e. The number of likely N-dealkylation sites (tertiary alicyclic amines) is 1. The first-order valence-electron chi connectivity index (χ1n) is 7.37. The average Bonchev–Trinajstić information content (AvgIpc) is 2.99. The Bertz CT molecular complexity index is 546. The number of ether oxygens (including phenoxy) is 1. The Hall–Kier alpha value is -1.88. The van der Waals surface area contributed by atoms with Crippen molar-refractivity contribution < 1.29 is 14.3 Å². The Kier molecular flexibility index (Phi) is 3.68. The number of hydrogen-bond donors (Lipinski definition) is 1. The maximum atomic E-state index is 12.4. The van der Waals surface area contributed by atoms with Crippen LogP contribution in [0.3, 0.4) is 0 Å². The molecular formula is C16H20N2O3. The van der Waals surface area contributed by atoms with Crippen LogP contribution in [0.15, 0.2) is 30.3 Å². The van der Waals surface area contributed by atoms with Crippen LogP contribution in [0, 0.1) is 11.3 Å². The molecule has 5 heteroatoms. The van der Waals surface area contributed by atoms with Crippen molar-refractivity contribution in [2.75, 3.05) is 26.2 Å². The highest BCUT2D eigenvalue weighted by atomic mass is 16.5. The van der Waals surface area contributed by atoms with Crippen molar-refractivity contribution in [2.24, 2.45) is 11.3 Å². The van der Waals surface area contributed by atoms with Crippen molar-refractivity contribution in [1.82, 2.24) is 10.2 Å². The monoisotopic (exact) mass is 288 g/mol. The number of amides is 1. The summed E-state index contributed by atoms with van der Waals surface area (Å²) in [6, 6.07) is 10.1. The van der Waals surface area contributed by atoms with Crippen molar-refractivity contribution in [3.05, 3.63) is 35.9 Å². The molecule has 2 fully saturated rings. The van der Waals surface area contributed by atoms with Crippen LogP contribution >= 0.6 is 0 Å². The Labute approximate surface area is 124 Å². The topological polar surface area (TPSA) is 58.6 Å². The lowest BCUT2D eigenvalue weighted by Crippen LogP contribution is -2.41. The summed E-state index contributed by atoms with van der Waals surface area (Å²) in [5.41, 5.74) is 0.485. The molecule has 0 unspecified atom stereocenters. The van der Waals surface area contributed by atoms with Crippen LogP contribution in [0.2, 0.25) is 0 Å². The van der Waals surface area contributed by atoms with Gasteiger partial charge in [0.2, 0.25) is 5.91 Å². The van der Waals surface area contributed by atoms with E-state index < -0.39 is 5.41 Å². The number of rotatable bonds is 4. The molecule has 1 aromatic carbocycles. The first kappa shape index (κ1) is 14.1. The molecule has 0 radical (unpaired) electrons. The molecule has 2 atom stereocenters. The second-order valence-electron chi connectivity index (χ2n) is 5.80. The van der Waals surface area contributed by atoms with Gasteiger partial charge in [0.15, 0.2) is 0 Å². The molecule has 2 heterocycles. The molecule has 0 spiro atoms. The first-order valence-corrected chi connectivity index (χ1v) is 7.37. The van der Waals surface area contributed by atoms with Crippen LogP contribution in [0.1, 0.15) is 12.5 Å². The molecule has 2 aliphatic heterocycles.